The summed E-state index contributed by atoms with van der Waals surface area (Å²) < 4.78 is 3.06. The van der Waals surface area contributed by atoms with Gasteiger partial charge in [0.25, 0.3) is 0 Å². The van der Waals surface area contributed by atoms with Gasteiger partial charge in [-0.1, -0.05) is 34.1 Å². The number of hydrogen-bond acceptors (Lipinski definition) is 2. The summed E-state index contributed by atoms with van der Waals surface area (Å²) in [7, 11) is 0. The van der Waals surface area contributed by atoms with E-state index < -0.39 is 0 Å². The average Bonchev–Trinajstić information content (AvgIpc) is 2.80. The van der Waals surface area contributed by atoms with Crippen LogP contribution in [-0.4, -0.2) is 15.8 Å². The normalized spacial score (nSPS) is 10.8. The number of hydrogen-bond donors (Lipinski definition) is 0. The molecule has 0 spiro atoms. The molecule has 0 aliphatic rings. The van der Waals surface area contributed by atoms with Crippen molar-refractivity contribution in [3.63, 3.8) is 0 Å². The van der Waals surface area contributed by atoms with E-state index in [0.29, 0.717) is 12.1 Å². The molecule has 0 radical (unpaired) electrons. The lowest BCUT2D eigenvalue weighted by atomic mass is 10.2. The lowest BCUT2D eigenvalue weighted by Crippen LogP contribution is -1.99. The lowest BCUT2D eigenvalue weighted by Gasteiger charge is -2.06. The monoisotopic (exact) mass is 314 g/mol. The first-order valence-corrected chi connectivity index (χ1v) is 6.71. The van der Waals surface area contributed by atoms with Crippen molar-refractivity contribution in [3.8, 4) is 0 Å². The third-order valence-corrected chi connectivity index (χ3v) is 3.86. The maximum atomic E-state index is 11.1. The van der Waals surface area contributed by atoms with Crippen molar-refractivity contribution in [3.05, 3.63) is 64.4 Å². The van der Waals surface area contributed by atoms with Gasteiger partial charge in [0.15, 0.2) is 6.29 Å². The zero-order valence-electron chi connectivity index (χ0n) is 10.1. The molecule has 0 N–H and O–H groups in total. The Bertz CT molecular complexity index is 749. The molecular formula is C15H11BrN2O. The summed E-state index contributed by atoms with van der Waals surface area (Å²) in [6.45, 7) is 0.683. The van der Waals surface area contributed by atoms with Gasteiger partial charge in [-0.25, -0.2) is 4.98 Å². The van der Waals surface area contributed by atoms with E-state index in [9.17, 15) is 4.79 Å². The van der Waals surface area contributed by atoms with Crippen molar-refractivity contribution in [2.45, 2.75) is 6.54 Å². The molecule has 0 saturated carbocycles. The van der Waals surface area contributed by atoms with Gasteiger partial charge >= 0.3 is 0 Å². The molecule has 0 fully saturated rings. The first-order chi connectivity index (χ1) is 9.29. The van der Waals surface area contributed by atoms with E-state index in [-0.39, 0.29) is 0 Å². The highest BCUT2D eigenvalue weighted by Gasteiger charge is 2.09. The summed E-state index contributed by atoms with van der Waals surface area (Å²) in [6, 6.07) is 11.8. The Kier molecular flexibility index (Phi) is 3.17. The summed E-state index contributed by atoms with van der Waals surface area (Å²) in [6.07, 6.45) is 4.47. The molecule has 19 heavy (non-hydrogen) atoms. The number of aldehydes is 1. The van der Waals surface area contributed by atoms with Gasteiger partial charge < -0.3 is 4.57 Å². The zero-order chi connectivity index (χ0) is 13.2. The van der Waals surface area contributed by atoms with Crippen LogP contribution < -0.4 is 0 Å². The van der Waals surface area contributed by atoms with Crippen LogP contribution in [0.1, 0.15) is 15.9 Å². The zero-order valence-corrected chi connectivity index (χ0v) is 11.7. The number of pyridine rings is 1. The summed E-state index contributed by atoms with van der Waals surface area (Å²) in [5.74, 6) is 0. The lowest BCUT2D eigenvalue weighted by molar-refractivity contribution is 0.112. The molecule has 3 rings (SSSR count). The second-order valence-electron chi connectivity index (χ2n) is 4.30. The highest BCUT2D eigenvalue weighted by atomic mass is 79.9. The molecule has 0 bridgehead atoms. The van der Waals surface area contributed by atoms with Crippen molar-refractivity contribution in [2.75, 3.05) is 0 Å². The minimum Gasteiger partial charge on any atom is -0.327 e. The Balaban J connectivity index is 2.11. The third-order valence-electron chi connectivity index (χ3n) is 3.09. The number of carbonyl (C=O) groups excluding carboxylic acids is 1. The van der Waals surface area contributed by atoms with Gasteiger partial charge in [0.05, 0.1) is 6.54 Å². The Hall–Kier alpha value is -1.94. The van der Waals surface area contributed by atoms with Crippen LogP contribution in [0, 0.1) is 0 Å². The minimum atomic E-state index is 0.676. The van der Waals surface area contributed by atoms with Crippen LogP contribution in [0.4, 0.5) is 0 Å². The van der Waals surface area contributed by atoms with Crippen LogP contribution >= 0.6 is 15.9 Å². The number of aromatic nitrogens is 2. The van der Waals surface area contributed by atoms with Crippen LogP contribution in [-0.2, 0) is 6.54 Å². The van der Waals surface area contributed by atoms with Crippen LogP contribution in [0.5, 0.6) is 0 Å². The topological polar surface area (TPSA) is 34.9 Å². The van der Waals surface area contributed by atoms with E-state index in [0.717, 1.165) is 27.4 Å². The van der Waals surface area contributed by atoms with Gasteiger partial charge in [-0.3, -0.25) is 4.79 Å². The highest BCUT2D eigenvalue weighted by Crippen LogP contribution is 2.22. The van der Waals surface area contributed by atoms with Crippen molar-refractivity contribution < 1.29 is 4.79 Å². The van der Waals surface area contributed by atoms with Gasteiger partial charge in [-0.2, -0.15) is 0 Å². The molecule has 0 aliphatic heterocycles. The number of carbonyl (C=O) groups is 1. The van der Waals surface area contributed by atoms with Gasteiger partial charge in [0, 0.05) is 27.8 Å². The molecule has 2 heterocycles. The molecule has 0 aliphatic carbocycles. The molecule has 0 amide bonds. The second-order valence-corrected chi connectivity index (χ2v) is 5.15. The number of rotatable bonds is 3. The molecule has 0 atom stereocenters. The molecule has 94 valence electrons. The van der Waals surface area contributed by atoms with E-state index >= 15 is 0 Å². The predicted octanol–water partition coefficient (Wildman–Crippen LogP) is 3.66. The minimum absolute atomic E-state index is 0.676. The Morgan fingerprint density at radius 3 is 2.84 bits per heavy atom. The Morgan fingerprint density at radius 2 is 2.05 bits per heavy atom. The fourth-order valence-corrected chi connectivity index (χ4v) is 2.58. The van der Waals surface area contributed by atoms with E-state index in [2.05, 4.69) is 27.0 Å². The van der Waals surface area contributed by atoms with Crippen molar-refractivity contribution in [1.82, 2.24) is 9.55 Å². The van der Waals surface area contributed by atoms with Gasteiger partial charge in [0.2, 0.25) is 0 Å². The summed E-state index contributed by atoms with van der Waals surface area (Å²) >= 11 is 3.54. The number of benzene rings is 1. The molecule has 0 unspecified atom stereocenters. The van der Waals surface area contributed by atoms with E-state index in [1.807, 2.05) is 41.1 Å². The van der Waals surface area contributed by atoms with Crippen molar-refractivity contribution in [1.29, 1.82) is 0 Å². The first kappa shape index (κ1) is 12.1. The summed E-state index contributed by atoms with van der Waals surface area (Å²) in [5.41, 5.74) is 2.66. The Morgan fingerprint density at radius 1 is 1.21 bits per heavy atom. The van der Waals surface area contributed by atoms with Crippen molar-refractivity contribution in [2.24, 2.45) is 0 Å². The number of fused-ring (bicyclic) bond motifs is 1. The fraction of sp³-hybridized carbons (Fsp3) is 0.0667. The third kappa shape index (κ3) is 2.19. The molecule has 0 saturated heterocycles. The maximum absolute atomic E-state index is 11.1. The molecule has 4 heteroatoms. The van der Waals surface area contributed by atoms with Crippen LogP contribution in [0.2, 0.25) is 0 Å². The fourth-order valence-electron chi connectivity index (χ4n) is 2.17. The van der Waals surface area contributed by atoms with Crippen LogP contribution in [0.15, 0.2) is 53.3 Å². The largest absolute Gasteiger partial charge is 0.327 e. The number of halogens is 1. The summed E-state index contributed by atoms with van der Waals surface area (Å²) in [5, 5.41) is 0.893. The maximum Gasteiger partial charge on any atom is 0.152 e. The molecule has 1 aromatic carbocycles. The quantitative estimate of drug-likeness (QED) is 0.691. The van der Waals surface area contributed by atoms with Crippen molar-refractivity contribution >= 4 is 33.2 Å². The van der Waals surface area contributed by atoms with Gasteiger partial charge in [0.1, 0.15) is 5.65 Å². The highest BCUT2D eigenvalue weighted by molar-refractivity contribution is 9.10. The first-order valence-electron chi connectivity index (χ1n) is 5.92. The second kappa shape index (κ2) is 4.97. The smallest absolute Gasteiger partial charge is 0.152 e. The standard InChI is InChI=1S/C15H11BrN2O/c16-14-6-2-1-4-11(14)8-18-9-12(10-19)13-5-3-7-17-15(13)18/h1-7,9-10H,8H2. The van der Waals surface area contributed by atoms with Crippen LogP contribution in [0.25, 0.3) is 11.0 Å². The number of nitrogens with zero attached hydrogens (tertiary/aromatic N) is 2. The van der Waals surface area contributed by atoms with Crippen LogP contribution in [0.3, 0.4) is 0 Å². The average molecular weight is 315 g/mol. The van der Waals surface area contributed by atoms with Gasteiger partial charge in [-0.05, 0) is 23.8 Å². The molecule has 3 aromatic rings. The predicted molar refractivity (Wildman–Crippen MR) is 78.4 cm³/mol. The van der Waals surface area contributed by atoms with Gasteiger partial charge in [-0.15, -0.1) is 0 Å². The molecular weight excluding hydrogens is 304 g/mol. The summed E-state index contributed by atoms with van der Waals surface area (Å²) in [4.78, 5) is 15.5. The molecule has 3 nitrogen and oxygen atoms in total. The van der Waals surface area contributed by atoms with E-state index in [4.69, 9.17) is 0 Å². The molecule has 2 aromatic heterocycles. The van der Waals surface area contributed by atoms with E-state index in [1.165, 1.54) is 0 Å². The van der Waals surface area contributed by atoms with E-state index in [1.54, 1.807) is 6.20 Å². The Labute approximate surface area is 119 Å². The SMILES string of the molecule is O=Cc1cn(Cc2ccccc2Br)c2ncccc12.